The number of hydrogen-bond donors (Lipinski definition) is 4. The molecule has 0 radical (unpaired) electrons. The predicted octanol–water partition coefficient (Wildman–Crippen LogP) is -0.204. The van der Waals surface area contributed by atoms with Gasteiger partial charge in [0.25, 0.3) is 5.91 Å². The highest BCUT2D eigenvalue weighted by atomic mass is 16.4. The van der Waals surface area contributed by atoms with Crippen molar-refractivity contribution in [2.75, 3.05) is 6.54 Å². The van der Waals surface area contributed by atoms with Crippen LogP contribution < -0.4 is 16.5 Å². The molecule has 0 spiro atoms. The summed E-state index contributed by atoms with van der Waals surface area (Å²) >= 11 is 0. The molecule has 0 fully saturated rings. The van der Waals surface area contributed by atoms with Gasteiger partial charge >= 0.3 is 0 Å². The molecule has 0 aliphatic heterocycles. The van der Waals surface area contributed by atoms with Crippen LogP contribution in [0, 0.1) is 12.8 Å². The highest BCUT2D eigenvalue weighted by Gasteiger charge is 2.13. The van der Waals surface area contributed by atoms with Crippen LogP contribution in [0.3, 0.4) is 0 Å². The fourth-order valence-electron chi connectivity index (χ4n) is 1.29. The summed E-state index contributed by atoms with van der Waals surface area (Å²) in [6.07, 6.45) is 1.36. The second-order valence-electron chi connectivity index (χ2n) is 4.03. The van der Waals surface area contributed by atoms with Gasteiger partial charge in [-0.25, -0.2) is 0 Å². The van der Waals surface area contributed by atoms with Crippen LogP contribution in [0.1, 0.15) is 23.0 Å². The third-order valence-electron chi connectivity index (χ3n) is 2.49. The Labute approximate surface area is 104 Å². The van der Waals surface area contributed by atoms with Gasteiger partial charge in [0.05, 0.1) is 0 Å². The fraction of sp³-hybridized carbons (Fsp3) is 0.364. The molecule has 1 atom stereocenters. The van der Waals surface area contributed by atoms with Gasteiger partial charge in [-0.3, -0.25) is 9.59 Å². The van der Waals surface area contributed by atoms with E-state index in [2.05, 4.69) is 15.5 Å². The van der Waals surface area contributed by atoms with Gasteiger partial charge < -0.3 is 21.2 Å². The van der Waals surface area contributed by atoms with E-state index in [0.717, 1.165) is 0 Å². The lowest BCUT2D eigenvalue weighted by molar-refractivity contribution is 0.0949. The fourth-order valence-corrected chi connectivity index (χ4v) is 1.29. The number of pyridine rings is 1. The van der Waals surface area contributed by atoms with Gasteiger partial charge in [0.15, 0.2) is 5.43 Å². The summed E-state index contributed by atoms with van der Waals surface area (Å²) < 4.78 is 0. The summed E-state index contributed by atoms with van der Waals surface area (Å²) in [5.74, 6) is -0.787. The molecule has 5 N–H and O–H groups in total. The first-order valence-corrected chi connectivity index (χ1v) is 5.40. The van der Waals surface area contributed by atoms with Crippen molar-refractivity contribution in [3.8, 4) is 0 Å². The molecule has 0 saturated carbocycles. The van der Waals surface area contributed by atoms with Crippen LogP contribution in [0.25, 0.3) is 0 Å². The van der Waals surface area contributed by atoms with Crippen LogP contribution in [0.4, 0.5) is 0 Å². The number of nitrogens with zero attached hydrogens (tertiary/aromatic N) is 1. The first-order chi connectivity index (χ1) is 8.45. The van der Waals surface area contributed by atoms with Crippen LogP contribution in [-0.4, -0.2) is 28.5 Å². The van der Waals surface area contributed by atoms with E-state index in [9.17, 15) is 9.59 Å². The van der Waals surface area contributed by atoms with Crippen molar-refractivity contribution < 1.29 is 10.0 Å². The molecule has 0 aromatic carbocycles. The summed E-state index contributed by atoms with van der Waals surface area (Å²) in [5, 5.41) is 13.8. The number of carbonyl (C=O) groups excluding carboxylic acids is 1. The number of aromatic nitrogens is 1. The first kappa shape index (κ1) is 13.8. The Balaban J connectivity index is 2.69. The van der Waals surface area contributed by atoms with Crippen LogP contribution in [0.15, 0.2) is 22.2 Å². The summed E-state index contributed by atoms with van der Waals surface area (Å²) in [4.78, 5) is 26.1. The highest BCUT2D eigenvalue weighted by molar-refractivity contribution is 5.94. The van der Waals surface area contributed by atoms with E-state index in [0.29, 0.717) is 5.69 Å². The zero-order chi connectivity index (χ0) is 13.7. The number of H-pyrrole nitrogens is 1. The molecular weight excluding hydrogens is 236 g/mol. The number of amidine groups is 1. The van der Waals surface area contributed by atoms with Crippen molar-refractivity contribution in [3.05, 3.63) is 33.7 Å². The normalized spacial score (nSPS) is 13.1. The molecule has 1 heterocycles. The van der Waals surface area contributed by atoms with E-state index in [1.807, 2.05) is 0 Å². The van der Waals surface area contributed by atoms with Gasteiger partial charge in [0.1, 0.15) is 11.4 Å². The van der Waals surface area contributed by atoms with Crippen molar-refractivity contribution >= 4 is 11.7 Å². The molecule has 0 bridgehead atoms. The molecule has 0 aliphatic carbocycles. The van der Waals surface area contributed by atoms with E-state index in [1.165, 1.54) is 12.3 Å². The average Bonchev–Trinajstić information content (AvgIpc) is 2.34. The van der Waals surface area contributed by atoms with Gasteiger partial charge in [-0.05, 0) is 6.92 Å². The number of nitrogens with one attached hydrogen (secondary N) is 2. The number of carbonyl (C=O) groups is 1. The maximum atomic E-state index is 11.7. The second-order valence-corrected chi connectivity index (χ2v) is 4.03. The highest BCUT2D eigenvalue weighted by Crippen LogP contribution is 1.95. The zero-order valence-corrected chi connectivity index (χ0v) is 10.2. The lowest BCUT2D eigenvalue weighted by Gasteiger charge is -2.10. The summed E-state index contributed by atoms with van der Waals surface area (Å²) in [7, 11) is 0. The van der Waals surface area contributed by atoms with Crippen LogP contribution >= 0.6 is 0 Å². The molecule has 0 aliphatic rings. The number of hydrogen-bond acceptors (Lipinski definition) is 4. The van der Waals surface area contributed by atoms with Crippen LogP contribution in [0.5, 0.6) is 0 Å². The van der Waals surface area contributed by atoms with E-state index < -0.39 is 5.91 Å². The molecule has 1 aromatic rings. The van der Waals surface area contributed by atoms with Crippen molar-refractivity contribution in [2.24, 2.45) is 16.8 Å². The smallest absolute Gasteiger partial charge is 0.256 e. The van der Waals surface area contributed by atoms with Crippen molar-refractivity contribution in [1.82, 2.24) is 10.3 Å². The molecule has 1 rings (SSSR count). The zero-order valence-electron chi connectivity index (χ0n) is 10.2. The van der Waals surface area contributed by atoms with E-state index in [1.54, 1.807) is 13.8 Å². The number of amides is 1. The Hall–Kier alpha value is -2.31. The Morgan fingerprint density at radius 3 is 2.89 bits per heavy atom. The lowest BCUT2D eigenvalue weighted by Crippen LogP contribution is -2.36. The third-order valence-corrected chi connectivity index (χ3v) is 2.49. The molecule has 98 valence electrons. The minimum absolute atomic E-state index is 0.0214. The Bertz CT molecular complexity index is 521. The maximum absolute atomic E-state index is 11.7. The summed E-state index contributed by atoms with van der Waals surface area (Å²) in [6, 6.07) is 1.35. The van der Waals surface area contributed by atoms with Crippen LogP contribution in [-0.2, 0) is 0 Å². The number of oxime groups is 1. The number of aryl methyl sites for hydroxylation is 1. The van der Waals surface area contributed by atoms with Crippen molar-refractivity contribution in [2.45, 2.75) is 13.8 Å². The SMILES string of the molecule is Cc1cc(=O)c(C(=O)NCC(C)C(N)=NO)c[nH]1. The van der Waals surface area contributed by atoms with E-state index in [4.69, 9.17) is 10.9 Å². The van der Waals surface area contributed by atoms with Gasteiger partial charge in [-0.2, -0.15) is 0 Å². The van der Waals surface area contributed by atoms with E-state index in [-0.39, 0.29) is 29.3 Å². The van der Waals surface area contributed by atoms with Crippen molar-refractivity contribution in [1.29, 1.82) is 0 Å². The van der Waals surface area contributed by atoms with Crippen LogP contribution in [0.2, 0.25) is 0 Å². The number of aromatic amines is 1. The second kappa shape index (κ2) is 5.85. The monoisotopic (exact) mass is 252 g/mol. The van der Waals surface area contributed by atoms with Gasteiger partial charge in [-0.15, -0.1) is 0 Å². The van der Waals surface area contributed by atoms with Gasteiger partial charge in [0.2, 0.25) is 0 Å². The van der Waals surface area contributed by atoms with Gasteiger partial charge in [0, 0.05) is 30.4 Å². The summed E-state index contributed by atoms with van der Waals surface area (Å²) in [6.45, 7) is 3.60. The Kier molecular flexibility index (Phi) is 4.47. The minimum Gasteiger partial charge on any atom is -0.409 e. The predicted molar refractivity (Wildman–Crippen MR) is 66.7 cm³/mol. The molecule has 0 saturated heterocycles. The maximum Gasteiger partial charge on any atom is 0.256 e. The minimum atomic E-state index is -0.492. The Morgan fingerprint density at radius 1 is 1.67 bits per heavy atom. The van der Waals surface area contributed by atoms with Crippen molar-refractivity contribution in [3.63, 3.8) is 0 Å². The average molecular weight is 252 g/mol. The molecule has 1 aromatic heterocycles. The quantitative estimate of drug-likeness (QED) is 0.256. The molecule has 7 heteroatoms. The lowest BCUT2D eigenvalue weighted by atomic mass is 10.1. The molecular formula is C11H16N4O3. The molecule has 7 nitrogen and oxygen atoms in total. The Morgan fingerprint density at radius 2 is 2.33 bits per heavy atom. The van der Waals surface area contributed by atoms with E-state index >= 15 is 0 Å². The first-order valence-electron chi connectivity index (χ1n) is 5.40. The number of rotatable bonds is 4. The molecule has 1 unspecified atom stereocenters. The van der Waals surface area contributed by atoms with Gasteiger partial charge in [-0.1, -0.05) is 12.1 Å². The topological polar surface area (TPSA) is 121 Å². The molecule has 18 heavy (non-hydrogen) atoms. The standard InChI is InChI=1S/C11H16N4O3/c1-6(10(12)15-18)4-14-11(17)8-5-13-7(2)3-9(8)16/h3,5-6,18H,4H2,1-2H3,(H2,12,15)(H,13,16)(H,14,17). The largest absolute Gasteiger partial charge is 0.409 e. The summed E-state index contributed by atoms with van der Waals surface area (Å²) in [5.41, 5.74) is 5.74. The molecule has 1 amide bonds. The number of nitrogens with two attached hydrogens (primary N) is 1. The third kappa shape index (κ3) is 3.34.